The second-order valence-corrected chi connectivity index (χ2v) is 5.44. The molecule has 1 atom stereocenters. The zero-order valence-electron chi connectivity index (χ0n) is 13.6. The lowest BCUT2D eigenvalue weighted by Crippen LogP contribution is -2.18. The molecule has 126 valence electrons. The number of anilines is 1. The van der Waals surface area contributed by atoms with E-state index in [0.717, 1.165) is 0 Å². The van der Waals surface area contributed by atoms with Crippen LogP contribution in [-0.4, -0.2) is 17.9 Å². The Hall–Kier alpha value is -2.96. The number of hydrogen-bond donors (Lipinski definition) is 2. The maximum atomic E-state index is 13.7. The van der Waals surface area contributed by atoms with Crippen molar-refractivity contribution >= 4 is 17.3 Å². The number of nitro groups is 1. The number of carbonyl (C=O) groups excluding carboxylic acids is 1. The van der Waals surface area contributed by atoms with E-state index in [1.165, 1.54) is 31.3 Å². The summed E-state index contributed by atoms with van der Waals surface area (Å²) in [5.74, 6) is -0.732. The summed E-state index contributed by atoms with van der Waals surface area (Å²) < 4.78 is 13.7. The summed E-state index contributed by atoms with van der Waals surface area (Å²) in [6, 6.07) is 8.67. The van der Waals surface area contributed by atoms with Crippen LogP contribution in [0.1, 0.15) is 34.5 Å². The third-order valence-corrected chi connectivity index (χ3v) is 3.75. The van der Waals surface area contributed by atoms with E-state index >= 15 is 0 Å². The summed E-state index contributed by atoms with van der Waals surface area (Å²) in [7, 11) is 1.45. The van der Waals surface area contributed by atoms with Crippen LogP contribution in [0.5, 0.6) is 0 Å². The molecule has 0 aromatic heterocycles. The number of nitrogens with zero attached hydrogens (tertiary/aromatic N) is 1. The second kappa shape index (κ2) is 7.08. The van der Waals surface area contributed by atoms with Crippen molar-refractivity contribution < 1.29 is 14.1 Å². The molecule has 24 heavy (non-hydrogen) atoms. The fraction of sp³-hybridized carbons (Fsp3) is 0.235. The number of benzene rings is 2. The number of halogens is 1. The Morgan fingerprint density at radius 1 is 1.25 bits per heavy atom. The molecule has 0 aliphatic carbocycles. The van der Waals surface area contributed by atoms with Gasteiger partial charge in [-0.3, -0.25) is 14.9 Å². The maximum Gasteiger partial charge on any atom is 0.293 e. The summed E-state index contributed by atoms with van der Waals surface area (Å²) in [5, 5.41) is 16.7. The summed E-state index contributed by atoms with van der Waals surface area (Å²) in [5.41, 5.74) is 1.45. The zero-order chi connectivity index (χ0) is 17.9. The van der Waals surface area contributed by atoms with E-state index in [2.05, 4.69) is 10.6 Å². The van der Waals surface area contributed by atoms with Gasteiger partial charge in [0.1, 0.15) is 11.5 Å². The Morgan fingerprint density at radius 2 is 1.96 bits per heavy atom. The fourth-order valence-corrected chi connectivity index (χ4v) is 2.29. The molecule has 0 heterocycles. The normalized spacial score (nSPS) is 11.7. The summed E-state index contributed by atoms with van der Waals surface area (Å²) in [6.07, 6.45) is 0. The first kappa shape index (κ1) is 17.4. The monoisotopic (exact) mass is 331 g/mol. The minimum Gasteiger partial charge on any atom is -0.373 e. The number of carbonyl (C=O) groups is 1. The van der Waals surface area contributed by atoms with Gasteiger partial charge in [-0.2, -0.15) is 0 Å². The molecular formula is C17H18FN3O3. The van der Waals surface area contributed by atoms with Crippen LogP contribution < -0.4 is 10.6 Å². The van der Waals surface area contributed by atoms with Gasteiger partial charge in [-0.25, -0.2) is 4.39 Å². The van der Waals surface area contributed by atoms with E-state index in [1.807, 2.05) is 0 Å². The van der Waals surface area contributed by atoms with E-state index < -0.39 is 10.8 Å². The molecule has 6 nitrogen and oxygen atoms in total. The molecule has 0 saturated heterocycles. The molecule has 0 fully saturated rings. The van der Waals surface area contributed by atoms with Gasteiger partial charge in [0.25, 0.3) is 11.6 Å². The molecule has 0 aliphatic heterocycles. The Kier molecular flexibility index (Phi) is 5.13. The predicted octanol–water partition coefficient (Wildman–Crippen LogP) is 3.58. The van der Waals surface area contributed by atoms with E-state index in [1.54, 1.807) is 26.0 Å². The van der Waals surface area contributed by atoms with Crippen molar-refractivity contribution in [3.8, 4) is 0 Å². The fourth-order valence-electron chi connectivity index (χ4n) is 2.29. The zero-order valence-corrected chi connectivity index (χ0v) is 13.6. The van der Waals surface area contributed by atoms with Crippen molar-refractivity contribution in [2.24, 2.45) is 0 Å². The van der Waals surface area contributed by atoms with Crippen molar-refractivity contribution in [3.63, 3.8) is 0 Å². The smallest absolute Gasteiger partial charge is 0.293 e. The third-order valence-electron chi connectivity index (χ3n) is 3.75. The first-order valence-electron chi connectivity index (χ1n) is 7.36. The number of rotatable bonds is 5. The molecule has 1 amide bonds. The van der Waals surface area contributed by atoms with Crippen LogP contribution in [0.15, 0.2) is 36.4 Å². The van der Waals surface area contributed by atoms with Gasteiger partial charge in [0, 0.05) is 24.7 Å². The van der Waals surface area contributed by atoms with Crippen LogP contribution in [0.4, 0.5) is 15.8 Å². The van der Waals surface area contributed by atoms with Crippen LogP contribution in [0.2, 0.25) is 0 Å². The second-order valence-electron chi connectivity index (χ2n) is 5.44. The van der Waals surface area contributed by atoms with Crippen LogP contribution in [0.3, 0.4) is 0 Å². The molecule has 0 saturated carbocycles. The van der Waals surface area contributed by atoms with Crippen LogP contribution in [0, 0.1) is 22.9 Å². The molecule has 0 radical (unpaired) electrons. The van der Waals surface area contributed by atoms with Crippen molar-refractivity contribution in [2.45, 2.75) is 19.9 Å². The largest absolute Gasteiger partial charge is 0.373 e. The Balaban J connectivity index is 2.32. The number of amides is 1. The first-order chi connectivity index (χ1) is 11.3. The number of aryl methyl sites for hydroxylation is 1. The van der Waals surface area contributed by atoms with Gasteiger partial charge >= 0.3 is 0 Å². The highest BCUT2D eigenvalue weighted by Gasteiger charge is 2.19. The number of hydrogen-bond acceptors (Lipinski definition) is 4. The lowest BCUT2D eigenvalue weighted by atomic mass is 10.0. The highest BCUT2D eigenvalue weighted by Crippen LogP contribution is 2.29. The SMILES string of the molecule is CNC(=O)c1ccc(NC(C)c2ccc(C)c(F)c2)c([N+](=O)[O-])c1. The van der Waals surface area contributed by atoms with Crippen LogP contribution in [0.25, 0.3) is 0 Å². The van der Waals surface area contributed by atoms with E-state index in [9.17, 15) is 19.3 Å². The summed E-state index contributed by atoms with van der Waals surface area (Å²) >= 11 is 0. The Morgan fingerprint density at radius 3 is 2.54 bits per heavy atom. The van der Waals surface area contributed by atoms with Gasteiger partial charge in [0.2, 0.25) is 0 Å². The van der Waals surface area contributed by atoms with Crippen LogP contribution in [-0.2, 0) is 0 Å². The van der Waals surface area contributed by atoms with Crippen molar-refractivity contribution in [3.05, 3.63) is 69.0 Å². The Labute approximate surface area is 138 Å². The molecule has 2 rings (SSSR count). The minimum absolute atomic E-state index is 0.198. The quantitative estimate of drug-likeness (QED) is 0.648. The topological polar surface area (TPSA) is 84.3 Å². The van der Waals surface area contributed by atoms with Gasteiger partial charge in [-0.1, -0.05) is 12.1 Å². The Bertz CT molecular complexity index is 793. The molecule has 0 bridgehead atoms. The molecule has 1 unspecified atom stereocenters. The van der Waals surface area contributed by atoms with Gasteiger partial charge in [-0.05, 0) is 43.2 Å². The maximum absolute atomic E-state index is 13.7. The van der Waals surface area contributed by atoms with E-state index in [4.69, 9.17) is 0 Å². The van der Waals surface area contributed by atoms with Crippen molar-refractivity contribution in [1.29, 1.82) is 0 Å². The molecule has 0 spiro atoms. The lowest BCUT2D eigenvalue weighted by Gasteiger charge is -2.16. The van der Waals surface area contributed by atoms with Gasteiger partial charge < -0.3 is 10.6 Å². The van der Waals surface area contributed by atoms with Crippen LogP contribution >= 0.6 is 0 Å². The third kappa shape index (κ3) is 3.68. The molecular weight excluding hydrogens is 313 g/mol. The standard InChI is InChI=1S/C17H18FN3O3/c1-10-4-5-12(8-14(10)18)11(2)20-15-7-6-13(17(22)19-3)9-16(15)21(23)24/h4-9,11,20H,1-3H3,(H,19,22). The molecule has 7 heteroatoms. The van der Waals surface area contributed by atoms with Gasteiger partial charge in [0.15, 0.2) is 0 Å². The van der Waals surface area contributed by atoms with Crippen molar-refractivity contribution in [2.75, 3.05) is 12.4 Å². The molecule has 2 aromatic rings. The number of nitro benzene ring substituents is 1. The highest BCUT2D eigenvalue weighted by molar-refractivity contribution is 5.95. The average molecular weight is 331 g/mol. The summed E-state index contributed by atoms with van der Waals surface area (Å²) in [4.78, 5) is 22.3. The predicted molar refractivity (Wildman–Crippen MR) is 89.7 cm³/mol. The first-order valence-corrected chi connectivity index (χ1v) is 7.36. The number of nitrogens with one attached hydrogen (secondary N) is 2. The van der Waals surface area contributed by atoms with E-state index in [-0.39, 0.29) is 28.8 Å². The minimum atomic E-state index is -0.558. The highest BCUT2D eigenvalue weighted by atomic mass is 19.1. The molecule has 0 aliphatic rings. The van der Waals surface area contributed by atoms with Gasteiger partial charge in [-0.15, -0.1) is 0 Å². The average Bonchev–Trinajstić information content (AvgIpc) is 2.56. The summed E-state index contributed by atoms with van der Waals surface area (Å²) in [6.45, 7) is 3.44. The lowest BCUT2D eigenvalue weighted by molar-refractivity contribution is -0.384. The molecule has 2 N–H and O–H groups in total. The van der Waals surface area contributed by atoms with Gasteiger partial charge in [0.05, 0.1) is 4.92 Å². The van der Waals surface area contributed by atoms with E-state index in [0.29, 0.717) is 11.1 Å². The van der Waals surface area contributed by atoms with Crippen molar-refractivity contribution in [1.82, 2.24) is 5.32 Å². The molecule has 2 aromatic carbocycles.